The first-order chi connectivity index (χ1) is 29.5. The summed E-state index contributed by atoms with van der Waals surface area (Å²) in [5.41, 5.74) is 18.4. The van der Waals surface area contributed by atoms with E-state index >= 15 is 0 Å². The van der Waals surface area contributed by atoms with Crippen molar-refractivity contribution in [1.82, 2.24) is 14.1 Å². The van der Waals surface area contributed by atoms with Crippen LogP contribution in [0.25, 0.3) is 110 Å². The molecule has 0 atom stereocenters. The van der Waals surface area contributed by atoms with Gasteiger partial charge in [0.2, 0.25) is 0 Å². The molecule has 282 valence electrons. The van der Waals surface area contributed by atoms with E-state index in [-0.39, 0.29) is 5.41 Å². The van der Waals surface area contributed by atoms with Crippen molar-refractivity contribution in [2.45, 2.75) is 19.3 Å². The summed E-state index contributed by atoms with van der Waals surface area (Å²) in [5, 5.41) is 7.21. The van der Waals surface area contributed by atoms with Gasteiger partial charge in [-0.05, 0) is 118 Å². The number of para-hydroxylation sites is 3. The lowest BCUT2D eigenvalue weighted by Crippen LogP contribution is -2.15. The summed E-state index contributed by atoms with van der Waals surface area (Å²) in [4.78, 5) is 4.86. The summed E-state index contributed by atoms with van der Waals surface area (Å²) in [5.74, 6) is 0. The van der Waals surface area contributed by atoms with E-state index < -0.39 is 0 Å². The Bertz CT molecular complexity index is 3760. The molecule has 8 aromatic carbocycles. The molecular weight excluding hydrogens is 731 g/mol. The topological polar surface area (TPSA) is 35.9 Å². The number of nitrogens with zero attached hydrogens (tertiary/aromatic N) is 3. The fourth-order valence-corrected chi connectivity index (χ4v) is 10.3. The zero-order valence-electron chi connectivity index (χ0n) is 33.1. The molecule has 0 bridgehead atoms. The molecule has 0 spiro atoms. The van der Waals surface area contributed by atoms with Crippen LogP contribution in [0.5, 0.6) is 0 Å². The maximum Gasteiger partial charge on any atom is 0.135 e. The minimum atomic E-state index is -0.0846. The molecule has 1 aliphatic carbocycles. The Morgan fingerprint density at radius 3 is 1.67 bits per heavy atom. The van der Waals surface area contributed by atoms with Gasteiger partial charge in [0.25, 0.3) is 0 Å². The molecule has 4 heteroatoms. The van der Waals surface area contributed by atoms with Crippen LogP contribution in [0.2, 0.25) is 0 Å². The molecular formula is C56H37N3O. The molecule has 0 N–H and O–H groups in total. The van der Waals surface area contributed by atoms with E-state index in [0.29, 0.717) is 0 Å². The third-order valence-electron chi connectivity index (χ3n) is 13.2. The van der Waals surface area contributed by atoms with Crippen LogP contribution < -0.4 is 0 Å². The highest BCUT2D eigenvalue weighted by molar-refractivity contribution is 6.13. The van der Waals surface area contributed by atoms with E-state index in [9.17, 15) is 0 Å². The van der Waals surface area contributed by atoms with Gasteiger partial charge in [-0.1, -0.05) is 111 Å². The van der Waals surface area contributed by atoms with E-state index in [2.05, 4.69) is 193 Å². The lowest BCUT2D eigenvalue weighted by atomic mass is 9.83. The van der Waals surface area contributed by atoms with Crippen LogP contribution >= 0.6 is 0 Å². The predicted molar refractivity (Wildman–Crippen MR) is 249 cm³/mol. The van der Waals surface area contributed by atoms with Crippen molar-refractivity contribution in [2.24, 2.45) is 0 Å². The van der Waals surface area contributed by atoms with Gasteiger partial charge in [-0.25, -0.2) is 0 Å². The highest BCUT2D eigenvalue weighted by Gasteiger charge is 2.36. The van der Waals surface area contributed by atoms with Gasteiger partial charge in [0.05, 0.1) is 27.8 Å². The molecule has 0 aliphatic heterocycles. The SMILES string of the molecule is CC1(C)c2ccc(-n3c4ccccc4c4cc(-c5cccc(-c6ccc7c(c6)c6ccccc6n7-c6ccc7oc8ccccc8c7c6)c5)ccc43)cc2-c2ncccc21. The molecule has 0 unspecified atom stereocenters. The maximum absolute atomic E-state index is 6.18. The molecule has 0 radical (unpaired) electrons. The fourth-order valence-electron chi connectivity index (χ4n) is 10.3. The van der Waals surface area contributed by atoms with E-state index in [1.54, 1.807) is 0 Å². The predicted octanol–water partition coefficient (Wildman–Crippen LogP) is 14.8. The normalized spacial score (nSPS) is 13.3. The van der Waals surface area contributed by atoms with Crippen LogP contribution in [0.1, 0.15) is 25.0 Å². The average Bonchev–Trinajstić information content (AvgIpc) is 4.01. The van der Waals surface area contributed by atoms with Gasteiger partial charge in [0.1, 0.15) is 11.2 Å². The number of benzene rings is 8. The second kappa shape index (κ2) is 12.2. The minimum Gasteiger partial charge on any atom is -0.456 e. The van der Waals surface area contributed by atoms with Crippen molar-refractivity contribution in [3.05, 3.63) is 199 Å². The Kier molecular flexibility index (Phi) is 6.75. The van der Waals surface area contributed by atoms with E-state index in [0.717, 1.165) is 39.0 Å². The molecule has 13 rings (SSSR count). The highest BCUT2D eigenvalue weighted by atomic mass is 16.3. The number of hydrogen-bond acceptors (Lipinski definition) is 2. The minimum absolute atomic E-state index is 0.0846. The Labute approximate surface area is 346 Å². The Morgan fingerprint density at radius 2 is 0.967 bits per heavy atom. The maximum atomic E-state index is 6.18. The van der Waals surface area contributed by atoms with Crippen molar-refractivity contribution >= 4 is 65.6 Å². The monoisotopic (exact) mass is 767 g/mol. The van der Waals surface area contributed by atoms with Gasteiger partial charge in [-0.3, -0.25) is 4.98 Å². The van der Waals surface area contributed by atoms with Crippen molar-refractivity contribution < 1.29 is 4.42 Å². The smallest absolute Gasteiger partial charge is 0.135 e. The summed E-state index contributed by atoms with van der Waals surface area (Å²) in [6.45, 7) is 4.61. The second-order valence-electron chi connectivity index (χ2n) is 16.8. The Balaban J connectivity index is 0.913. The second-order valence-corrected chi connectivity index (χ2v) is 16.8. The van der Waals surface area contributed by atoms with Crippen LogP contribution in [0.4, 0.5) is 0 Å². The molecule has 0 amide bonds. The van der Waals surface area contributed by atoms with E-state index in [1.165, 1.54) is 82.6 Å². The third-order valence-corrected chi connectivity index (χ3v) is 13.2. The van der Waals surface area contributed by atoms with Gasteiger partial charge >= 0.3 is 0 Å². The number of hydrogen-bond donors (Lipinski definition) is 0. The van der Waals surface area contributed by atoms with E-state index in [1.807, 2.05) is 18.3 Å². The fraction of sp³-hybridized carbons (Fsp3) is 0.0536. The summed E-state index contributed by atoms with van der Waals surface area (Å²) in [7, 11) is 0. The zero-order valence-corrected chi connectivity index (χ0v) is 33.1. The molecule has 1 aliphatic rings. The van der Waals surface area contributed by atoms with Crippen LogP contribution in [0.15, 0.2) is 193 Å². The van der Waals surface area contributed by atoms with Crippen LogP contribution in [-0.2, 0) is 5.41 Å². The summed E-state index contributed by atoms with van der Waals surface area (Å²) in [6.07, 6.45) is 1.91. The standard InChI is InChI=1S/C56H37N3O/c1-56(2)47-24-22-38(33-46(47)55-48(56)16-10-28-57-55)58-49-17-6-3-13-40(49)43-30-36(20-25-51(43)58)34-11-9-12-35(29-34)37-21-26-52-44(31-37)41-14-4-7-18-50(41)59(52)39-23-27-54-45(32-39)42-15-5-8-19-53(42)60-54/h3-33H,1-2H3. The summed E-state index contributed by atoms with van der Waals surface area (Å²) in [6, 6.07) is 66.4. The lowest BCUT2D eigenvalue weighted by molar-refractivity contribution is 0.659. The van der Waals surface area contributed by atoms with Gasteiger partial charge in [0, 0.05) is 60.9 Å². The first kappa shape index (κ1) is 33.3. The number of fused-ring (bicyclic) bond motifs is 12. The molecule has 12 aromatic rings. The highest BCUT2D eigenvalue weighted by Crippen LogP contribution is 2.49. The van der Waals surface area contributed by atoms with Gasteiger partial charge in [-0.2, -0.15) is 0 Å². The third kappa shape index (κ3) is 4.64. The Hall–Kier alpha value is -7.69. The molecule has 0 saturated carbocycles. The number of aromatic nitrogens is 3. The molecule has 4 heterocycles. The van der Waals surface area contributed by atoms with Gasteiger partial charge in [0.15, 0.2) is 0 Å². The molecule has 4 nitrogen and oxygen atoms in total. The van der Waals surface area contributed by atoms with Gasteiger partial charge in [-0.15, -0.1) is 0 Å². The average molecular weight is 768 g/mol. The quantitative estimate of drug-likeness (QED) is 0.179. The van der Waals surface area contributed by atoms with Crippen LogP contribution in [0, 0.1) is 0 Å². The van der Waals surface area contributed by atoms with Crippen molar-refractivity contribution in [3.8, 4) is 44.9 Å². The van der Waals surface area contributed by atoms with Crippen LogP contribution in [-0.4, -0.2) is 14.1 Å². The van der Waals surface area contributed by atoms with Crippen molar-refractivity contribution in [2.75, 3.05) is 0 Å². The summed E-state index contributed by atoms with van der Waals surface area (Å²) >= 11 is 0. The molecule has 4 aromatic heterocycles. The number of rotatable bonds is 4. The summed E-state index contributed by atoms with van der Waals surface area (Å²) < 4.78 is 11.0. The number of pyridine rings is 1. The first-order valence-corrected chi connectivity index (χ1v) is 20.7. The zero-order chi connectivity index (χ0) is 39.7. The van der Waals surface area contributed by atoms with E-state index in [4.69, 9.17) is 9.40 Å². The van der Waals surface area contributed by atoms with Crippen molar-refractivity contribution in [3.63, 3.8) is 0 Å². The molecule has 0 fully saturated rings. The Morgan fingerprint density at radius 1 is 0.400 bits per heavy atom. The van der Waals surface area contributed by atoms with Crippen molar-refractivity contribution in [1.29, 1.82) is 0 Å². The molecule has 60 heavy (non-hydrogen) atoms. The van der Waals surface area contributed by atoms with Gasteiger partial charge < -0.3 is 13.6 Å². The van der Waals surface area contributed by atoms with Crippen LogP contribution in [0.3, 0.4) is 0 Å². The lowest BCUT2D eigenvalue weighted by Gasteiger charge is -2.21. The molecule has 0 saturated heterocycles. The largest absolute Gasteiger partial charge is 0.456 e. The first-order valence-electron chi connectivity index (χ1n) is 20.7. The number of furan rings is 1.